The van der Waals surface area contributed by atoms with Crippen molar-refractivity contribution in [1.82, 2.24) is 15.6 Å². The van der Waals surface area contributed by atoms with Crippen LogP contribution in [0.15, 0.2) is 40.4 Å². The third kappa shape index (κ3) is 8.27. The number of methoxy groups -OCH3 is 1. The summed E-state index contributed by atoms with van der Waals surface area (Å²) in [6.45, 7) is 5.95. The van der Waals surface area contributed by atoms with Gasteiger partial charge < -0.3 is 15.4 Å². The van der Waals surface area contributed by atoms with Crippen LogP contribution < -0.4 is 15.4 Å². The van der Waals surface area contributed by atoms with Crippen LogP contribution >= 0.6 is 47.1 Å². The summed E-state index contributed by atoms with van der Waals surface area (Å²) in [6.07, 6.45) is 2.99. The number of benzene rings is 1. The summed E-state index contributed by atoms with van der Waals surface area (Å²) < 4.78 is 5.41. The van der Waals surface area contributed by atoms with E-state index in [4.69, 9.17) is 4.74 Å². The van der Waals surface area contributed by atoms with Gasteiger partial charge in [-0.3, -0.25) is 4.99 Å². The normalized spacial score (nSPS) is 12.2. The summed E-state index contributed by atoms with van der Waals surface area (Å²) in [5.41, 5.74) is 0. The summed E-state index contributed by atoms with van der Waals surface area (Å²) in [7, 11) is 3.51. The van der Waals surface area contributed by atoms with Gasteiger partial charge in [-0.2, -0.15) is 0 Å². The molecule has 2 N–H and O–H groups in total. The summed E-state index contributed by atoms with van der Waals surface area (Å²) in [4.78, 5) is 11.2. The van der Waals surface area contributed by atoms with Crippen molar-refractivity contribution in [3.63, 3.8) is 0 Å². The summed E-state index contributed by atoms with van der Waals surface area (Å²) >= 11 is 3.57. The second-order valence-electron chi connectivity index (χ2n) is 5.95. The van der Waals surface area contributed by atoms with E-state index in [0.717, 1.165) is 35.4 Å². The number of nitrogens with zero attached hydrogens (tertiary/aromatic N) is 2. The fourth-order valence-corrected chi connectivity index (χ4v) is 4.13. The van der Waals surface area contributed by atoms with Gasteiger partial charge in [-0.1, -0.05) is 26.0 Å². The Morgan fingerprint density at radius 2 is 2.11 bits per heavy atom. The van der Waals surface area contributed by atoms with Crippen molar-refractivity contribution >= 4 is 53.0 Å². The quantitative estimate of drug-likeness (QED) is 0.222. The number of hydrogen-bond acceptors (Lipinski definition) is 5. The second kappa shape index (κ2) is 13.2. The van der Waals surface area contributed by atoms with Crippen LogP contribution in [0.2, 0.25) is 0 Å². The van der Waals surface area contributed by atoms with E-state index < -0.39 is 0 Å². The summed E-state index contributed by atoms with van der Waals surface area (Å²) in [5, 5.41) is 7.81. The summed E-state index contributed by atoms with van der Waals surface area (Å²) in [6, 6.07) is 8.14. The lowest BCUT2D eigenvalue weighted by Gasteiger charge is -2.16. The molecule has 0 bridgehead atoms. The molecule has 1 heterocycles. The number of halogens is 1. The van der Waals surface area contributed by atoms with E-state index in [2.05, 4.69) is 40.5 Å². The predicted molar refractivity (Wildman–Crippen MR) is 128 cm³/mol. The Kier molecular flexibility index (Phi) is 11.8. The zero-order valence-electron chi connectivity index (χ0n) is 16.3. The van der Waals surface area contributed by atoms with Crippen LogP contribution in [-0.2, 0) is 13.0 Å². The molecule has 1 atom stereocenters. The van der Waals surface area contributed by atoms with E-state index in [1.54, 1.807) is 25.5 Å². The number of guanidine groups is 1. The highest BCUT2D eigenvalue weighted by atomic mass is 127. The molecule has 1 aromatic heterocycles. The van der Waals surface area contributed by atoms with Crippen molar-refractivity contribution in [1.29, 1.82) is 0 Å². The fraction of sp³-hybridized carbons (Fsp3) is 0.474. The van der Waals surface area contributed by atoms with Gasteiger partial charge in [0.1, 0.15) is 10.8 Å². The predicted octanol–water partition coefficient (Wildman–Crippen LogP) is 4.43. The van der Waals surface area contributed by atoms with Gasteiger partial charge >= 0.3 is 0 Å². The molecule has 0 radical (unpaired) electrons. The highest BCUT2D eigenvalue weighted by molar-refractivity contribution is 14.0. The molecular weight excluding hydrogens is 491 g/mol. The molecule has 0 saturated heterocycles. The molecule has 1 aromatic carbocycles. The molecule has 0 saturated carbocycles. The van der Waals surface area contributed by atoms with Crippen LogP contribution in [0.3, 0.4) is 0 Å². The zero-order valence-corrected chi connectivity index (χ0v) is 20.3. The van der Waals surface area contributed by atoms with Gasteiger partial charge in [0.2, 0.25) is 0 Å². The maximum absolute atomic E-state index is 5.41. The Hall–Kier alpha value is -1.000. The number of thioether (sulfide) groups is 1. The molecule has 8 heteroatoms. The first-order chi connectivity index (χ1) is 12.7. The minimum Gasteiger partial charge on any atom is -0.496 e. The van der Waals surface area contributed by atoms with Gasteiger partial charge in [-0.15, -0.1) is 47.1 Å². The van der Waals surface area contributed by atoms with Crippen LogP contribution in [-0.4, -0.2) is 37.4 Å². The zero-order chi connectivity index (χ0) is 18.8. The molecule has 0 amide bonds. The number of rotatable bonds is 9. The van der Waals surface area contributed by atoms with Crippen LogP contribution in [0.25, 0.3) is 0 Å². The van der Waals surface area contributed by atoms with Gasteiger partial charge in [-0.05, 0) is 24.5 Å². The lowest BCUT2D eigenvalue weighted by Crippen LogP contribution is -2.39. The molecule has 0 aliphatic carbocycles. The van der Waals surface area contributed by atoms with E-state index >= 15 is 0 Å². The van der Waals surface area contributed by atoms with Gasteiger partial charge in [0.25, 0.3) is 0 Å². The molecule has 5 nitrogen and oxygen atoms in total. The fourth-order valence-electron chi connectivity index (χ4n) is 2.27. The largest absolute Gasteiger partial charge is 0.496 e. The number of nitrogens with one attached hydrogen (secondary N) is 2. The molecule has 0 spiro atoms. The number of hydrogen-bond donors (Lipinski definition) is 2. The number of para-hydroxylation sites is 1. The van der Waals surface area contributed by atoms with E-state index in [-0.39, 0.29) is 24.0 Å². The van der Waals surface area contributed by atoms with Crippen LogP contribution in [0.4, 0.5) is 0 Å². The third-order valence-corrected chi connectivity index (χ3v) is 6.32. The van der Waals surface area contributed by atoms with Crippen molar-refractivity contribution in [2.45, 2.75) is 31.7 Å². The van der Waals surface area contributed by atoms with Crippen LogP contribution in [0.5, 0.6) is 5.75 Å². The molecule has 1 unspecified atom stereocenters. The lowest BCUT2D eigenvalue weighted by atomic mass is 10.2. The van der Waals surface area contributed by atoms with E-state index in [1.165, 1.54) is 9.77 Å². The van der Waals surface area contributed by atoms with E-state index in [9.17, 15) is 0 Å². The van der Waals surface area contributed by atoms with Gasteiger partial charge in [0, 0.05) is 35.3 Å². The van der Waals surface area contributed by atoms with Gasteiger partial charge in [-0.25, -0.2) is 4.98 Å². The molecule has 2 rings (SSSR count). The number of aromatic nitrogens is 1. The first-order valence-electron chi connectivity index (χ1n) is 8.80. The third-order valence-electron chi connectivity index (χ3n) is 3.79. The Labute approximate surface area is 187 Å². The molecule has 0 aliphatic heterocycles. The van der Waals surface area contributed by atoms with Crippen molar-refractivity contribution < 1.29 is 4.74 Å². The van der Waals surface area contributed by atoms with Crippen molar-refractivity contribution in [3.8, 4) is 5.75 Å². The van der Waals surface area contributed by atoms with Crippen molar-refractivity contribution in [2.24, 2.45) is 10.9 Å². The maximum atomic E-state index is 5.41. The van der Waals surface area contributed by atoms with Gasteiger partial charge in [0.15, 0.2) is 5.96 Å². The van der Waals surface area contributed by atoms with Crippen LogP contribution in [0.1, 0.15) is 23.7 Å². The molecule has 0 fully saturated rings. The minimum atomic E-state index is 0. The highest BCUT2D eigenvalue weighted by Crippen LogP contribution is 2.29. The topological polar surface area (TPSA) is 58.5 Å². The Balaban J connectivity index is 0.00000364. The average molecular weight is 521 g/mol. The lowest BCUT2D eigenvalue weighted by molar-refractivity contribution is 0.405. The number of aliphatic imine (C=N–C) groups is 1. The standard InChI is InChI=1S/C19H28N4OS2.HI/c1-5-15-11-21-18(26-15)12-23-19(20-3)22-10-14(2)13-25-17-9-7-6-8-16(17)24-4;/h6-9,11,14H,5,10,12-13H2,1-4H3,(H2,20,22,23);1H. The molecule has 27 heavy (non-hydrogen) atoms. The highest BCUT2D eigenvalue weighted by Gasteiger charge is 2.08. The molecule has 0 aliphatic rings. The van der Waals surface area contributed by atoms with Crippen molar-refractivity contribution in [3.05, 3.63) is 40.3 Å². The first kappa shape index (κ1) is 24.0. The first-order valence-corrected chi connectivity index (χ1v) is 10.6. The maximum Gasteiger partial charge on any atom is 0.191 e. The van der Waals surface area contributed by atoms with Crippen LogP contribution in [0, 0.1) is 5.92 Å². The Morgan fingerprint density at radius 3 is 2.78 bits per heavy atom. The second-order valence-corrected chi connectivity index (χ2v) is 8.21. The molecular formula is C19H29IN4OS2. The smallest absolute Gasteiger partial charge is 0.191 e. The SMILES string of the molecule is CCc1cnc(CNC(=NC)NCC(C)CSc2ccccc2OC)s1.I. The monoisotopic (exact) mass is 520 g/mol. The number of thiazole rings is 1. The van der Waals surface area contributed by atoms with Crippen molar-refractivity contribution in [2.75, 3.05) is 26.5 Å². The van der Waals surface area contributed by atoms with E-state index in [0.29, 0.717) is 12.5 Å². The number of ether oxygens (including phenoxy) is 1. The molecule has 150 valence electrons. The number of aryl methyl sites for hydroxylation is 1. The average Bonchev–Trinajstić information content (AvgIpc) is 3.14. The Bertz CT molecular complexity index is 709. The molecule has 2 aromatic rings. The minimum absolute atomic E-state index is 0. The Morgan fingerprint density at radius 1 is 1.33 bits per heavy atom. The van der Waals surface area contributed by atoms with E-state index in [1.807, 2.05) is 36.2 Å². The van der Waals surface area contributed by atoms with Gasteiger partial charge in [0.05, 0.1) is 13.7 Å². The summed E-state index contributed by atoms with van der Waals surface area (Å²) in [5.74, 6) is 3.25.